The molecule has 1 atom stereocenters. The molecule has 0 aromatic carbocycles. The molecule has 22 heavy (non-hydrogen) atoms. The zero-order valence-electron chi connectivity index (χ0n) is 12.8. The van der Waals surface area contributed by atoms with Gasteiger partial charge in [0.15, 0.2) is 11.5 Å². The molecular formula is C14H23N5O2S. The Balaban J connectivity index is 1.83. The van der Waals surface area contributed by atoms with Gasteiger partial charge in [0.1, 0.15) is 11.8 Å². The van der Waals surface area contributed by atoms with Crippen LogP contribution in [0.15, 0.2) is 12.7 Å². The van der Waals surface area contributed by atoms with Gasteiger partial charge < -0.3 is 20.1 Å². The lowest BCUT2D eigenvalue weighted by molar-refractivity contribution is 0.111. The molecule has 0 bridgehead atoms. The molecule has 2 heterocycles. The maximum absolute atomic E-state index is 8.75. The lowest BCUT2D eigenvalue weighted by Gasteiger charge is -2.15. The van der Waals surface area contributed by atoms with E-state index in [0.717, 1.165) is 43.0 Å². The van der Waals surface area contributed by atoms with Crippen molar-refractivity contribution in [1.82, 2.24) is 19.5 Å². The molecule has 2 aromatic heterocycles. The number of nitrogen functional groups attached to an aromatic ring is 1. The van der Waals surface area contributed by atoms with Gasteiger partial charge in [0.2, 0.25) is 0 Å². The first kappa shape index (κ1) is 17.0. The number of anilines is 1. The van der Waals surface area contributed by atoms with E-state index in [4.69, 9.17) is 15.6 Å². The van der Waals surface area contributed by atoms with Crippen molar-refractivity contribution >= 4 is 28.7 Å². The van der Waals surface area contributed by atoms with Crippen molar-refractivity contribution in [3.05, 3.63) is 12.7 Å². The summed E-state index contributed by atoms with van der Waals surface area (Å²) in [7, 11) is 1.74. The van der Waals surface area contributed by atoms with E-state index in [1.54, 1.807) is 13.4 Å². The third-order valence-corrected chi connectivity index (χ3v) is 4.64. The summed E-state index contributed by atoms with van der Waals surface area (Å²) < 4.78 is 7.51. The Bertz CT molecular complexity index is 577. The SMILES string of the molecule is COC(CCn1cnc2c(N)ncnc21)CSCCCCO. The highest BCUT2D eigenvalue weighted by molar-refractivity contribution is 7.99. The van der Waals surface area contributed by atoms with E-state index in [-0.39, 0.29) is 12.7 Å². The number of fused-ring (bicyclic) bond motifs is 1. The standard InChI is InChI=1S/C14H23N5O2S/c1-21-11(8-22-7-3-2-6-20)4-5-19-10-18-12-13(15)16-9-17-14(12)19/h9-11,20H,2-8H2,1H3,(H2,15,16,17). The number of aromatic nitrogens is 4. The minimum absolute atomic E-state index is 0.191. The molecule has 2 rings (SSSR count). The molecule has 0 radical (unpaired) electrons. The van der Waals surface area contributed by atoms with E-state index in [1.165, 1.54) is 6.33 Å². The van der Waals surface area contributed by atoms with Crippen LogP contribution in [-0.4, -0.2) is 56.0 Å². The normalized spacial score (nSPS) is 12.8. The van der Waals surface area contributed by atoms with Crippen LogP contribution < -0.4 is 5.73 Å². The summed E-state index contributed by atoms with van der Waals surface area (Å²) in [6.45, 7) is 1.05. The second kappa shape index (κ2) is 8.92. The van der Waals surface area contributed by atoms with Gasteiger partial charge in [-0.15, -0.1) is 0 Å². The summed E-state index contributed by atoms with van der Waals surface area (Å²) in [4.78, 5) is 12.4. The summed E-state index contributed by atoms with van der Waals surface area (Å²) in [5.41, 5.74) is 7.19. The third kappa shape index (κ3) is 4.56. The number of nitrogens with two attached hydrogens (primary N) is 1. The Morgan fingerprint density at radius 3 is 3.00 bits per heavy atom. The van der Waals surface area contributed by atoms with Crippen LogP contribution in [0.25, 0.3) is 11.2 Å². The monoisotopic (exact) mass is 325 g/mol. The van der Waals surface area contributed by atoms with Gasteiger partial charge in [-0.1, -0.05) is 0 Å². The van der Waals surface area contributed by atoms with Gasteiger partial charge in [-0.3, -0.25) is 0 Å². The van der Waals surface area contributed by atoms with Gasteiger partial charge in [-0.25, -0.2) is 15.0 Å². The summed E-state index contributed by atoms with van der Waals surface area (Å²) >= 11 is 1.86. The molecular weight excluding hydrogens is 302 g/mol. The van der Waals surface area contributed by atoms with Gasteiger partial charge in [-0.2, -0.15) is 11.8 Å². The zero-order valence-corrected chi connectivity index (χ0v) is 13.6. The number of nitrogens with zero attached hydrogens (tertiary/aromatic N) is 4. The van der Waals surface area contributed by atoms with Crippen molar-refractivity contribution < 1.29 is 9.84 Å². The van der Waals surface area contributed by atoms with Crippen molar-refractivity contribution in [3.8, 4) is 0 Å². The predicted molar refractivity (Wildman–Crippen MR) is 88.8 cm³/mol. The first-order valence-corrected chi connectivity index (χ1v) is 8.54. The fourth-order valence-corrected chi connectivity index (χ4v) is 3.29. The van der Waals surface area contributed by atoms with Crippen molar-refractivity contribution in [1.29, 1.82) is 0 Å². The molecule has 0 spiro atoms. The maximum atomic E-state index is 8.75. The average Bonchev–Trinajstić information content (AvgIpc) is 2.95. The Hall–Kier alpha value is -1.38. The fourth-order valence-electron chi connectivity index (χ4n) is 2.15. The number of aryl methyl sites for hydroxylation is 1. The summed E-state index contributed by atoms with van der Waals surface area (Å²) in [6.07, 6.45) is 6.19. The van der Waals surface area contributed by atoms with Gasteiger partial charge in [0.25, 0.3) is 0 Å². The van der Waals surface area contributed by atoms with Crippen molar-refractivity contribution in [2.24, 2.45) is 0 Å². The van der Waals surface area contributed by atoms with Crippen LogP contribution in [0.5, 0.6) is 0 Å². The van der Waals surface area contributed by atoms with Crippen LogP contribution in [0.3, 0.4) is 0 Å². The molecule has 122 valence electrons. The topological polar surface area (TPSA) is 99.1 Å². The van der Waals surface area contributed by atoms with E-state index >= 15 is 0 Å². The Labute approximate surface area is 134 Å². The van der Waals surface area contributed by atoms with Gasteiger partial charge in [0.05, 0.1) is 12.4 Å². The van der Waals surface area contributed by atoms with Crippen LogP contribution in [-0.2, 0) is 11.3 Å². The predicted octanol–water partition coefficient (Wildman–Crippen LogP) is 1.32. The number of imidazole rings is 1. The minimum Gasteiger partial charge on any atom is -0.396 e. The Morgan fingerprint density at radius 1 is 1.36 bits per heavy atom. The van der Waals surface area contributed by atoms with E-state index in [9.17, 15) is 0 Å². The number of aliphatic hydroxyl groups excluding tert-OH is 1. The Kier molecular flexibility index (Phi) is 6.88. The van der Waals surface area contributed by atoms with Gasteiger partial charge >= 0.3 is 0 Å². The quantitative estimate of drug-likeness (QED) is 0.636. The van der Waals surface area contributed by atoms with Gasteiger partial charge in [0, 0.05) is 26.0 Å². The largest absolute Gasteiger partial charge is 0.396 e. The molecule has 0 amide bonds. The average molecular weight is 325 g/mol. The number of ether oxygens (including phenoxy) is 1. The minimum atomic E-state index is 0.191. The molecule has 0 aliphatic heterocycles. The van der Waals surface area contributed by atoms with Crippen LogP contribution >= 0.6 is 11.8 Å². The van der Waals surface area contributed by atoms with Crippen LogP contribution in [0.2, 0.25) is 0 Å². The van der Waals surface area contributed by atoms with E-state index in [1.807, 2.05) is 16.3 Å². The van der Waals surface area contributed by atoms with Crippen molar-refractivity contribution in [2.45, 2.75) is 31.9 Å². The number of thioether (sulfide) groups is 1. The number of aliphatic hydroxyl groups is 1. The number of unbranched alkanes of at least 4 members (excludes halogenated alkanes) is 1. The van der Waals surface area contributed by atoms with Crippen LogP contribution in [0, 0.1) is 0 Å². The number of rotatable bonds is 10. The molecule has 1 unspecified atom stereocenters. The number of methoxy groups -OCH3 is 1. The molecule has 7 nitrogen and oxygen atoms in total. The second-order valence-electron chi connectivity index (χ2n) is 5.02. The molecule has 2 aromatic rings. The molecule has 0 aliphatic carbocycles. The highest BCUT2D eigenvalue weighted by Crippen LogP contribution is 2.16. The lowest BCUT2D eigenvalue weighted by Crippen LogP contribution is -2.17. The van der Waals surface area contributed by atoms with Crippen molar-refractivity contribution in [3.63, 3.8) is 0 Å². The summed E-state index contributed by atoms with van der Waals surface area (Å²) in [5, 5.41) is 8.75. The Morgan fingerprint density at radius 2 is 2.23 bits per heavy atom. The summed E-state index contributed by atoms with van der Waals surface area (Å²) in [5.74, 6) is 2.41. The first-order valence-electron chi connectivity index (χ1n) is 7.39. The maximum Gasteiger partial charge on any atom is 0.165 e. The summed E-state index contributed by atoms with van der Waals surface area (Å²) in [6, 6.07) is 0. The number of hydrogen-bond donors (Lipinski definition) is 2. The van der Waals surface area contributed by atoms with Gasteiger partial charge in [-0.05, 0) is 25.0 Å². The van der Waals surface area contributed by atoms with E-state index in [0.29, 0.717) is 11.3 Å². The molecule has 3 N–H and O–H groups in total. The number of hydrogen-bond acceptors (Lipinski definition) is 7. The highest BCUT2D eigenvalue weighted by Gasteiger charge is 2.11. The third-order valence-electron chi connectivity index (χ3n) is 3.46. The fraction of sp³-hybridized carbons (Fsp3) is 0.643. The molecule has 8 heteroatoms. The highest BCUT2D eigenvalue weighted by atomic mass is 32.2. The molecule has 0 saturated heterocycles. The zero-order chi connectivity index (χ0) is 15.8. The second-order valence-corrected chi connectivity index (χ2v) is 6.17. The molecule has 0 fully saturated rings. The first-order chi connectivity index (χ1) is 10.8. The molecule has 0 aliphatic rings. The lowest BCUT2D eigenvalue weighted by atomic mass is 10.3. The smallest absolute Gasteiger partial charge is 0.165 e. The van der Waals surface area contributed by atoms with E-state index < -0.39 is 0 Å². The van der Waals surface area contributed by atoms with Crippen LogP contribution in [0.1, 0.15) is 19.3 Å². The molecule has 0 saturated carbocycles. The van der Waals surface area contributed by atoms with Crippen LogP contribution in [0.4, 0.5) is 5.82 Å². The van der Waals surface area contributed by atoms with E-state index in [2.05, 4.69) is 15.0 Å². The van der Waals surface area contributed by atoms with Crippen molar-refractivity contribution in [2.75, 3.05) is 31.0 Å².